The Bertz CT molecular complexity index is 1120. The average Bonchev–Trinajstić information content (AvgIpc) is 3.20. The Morgan fingerprint density at radius 3 is 2.61 bits per heavy atom. The minimum absolute atomic E-state index is 0.0550. The minimum Gasteiger partial charge on any atom is -0.497 e. The van der Waals surface area contributed by atoms with Crippen LogP contribution in [-0.4, -0.2) is 39.8 Å². The summed E-state index contributed by atoms with van der Waals surface area (Å²) in [6, 6.07) is 10.6. The lowest BCUT2D eigenvalue weighted by Crippen LogP contribution is -2.13. The predicted octanol–water partition coefficient (Wildman–Crippen LogP) is 4.09. The number of thioether (sulfide) groups is 1. The molecule has 0 saturated heterocycles. The van der Waals surface area contributed by atoms with E-state index in [1.54, 1.807) is 31.4 Å². The second-order valence-electron chi connectivity index (χ2n) is 5.82. The predicted molar refractivity (Wildman–Crippen MR) is 118 cm³/mol. The zero-order chi connectivity index (χ0) is 22.4. The summed E-state index contributed by atoms with van der Waals surface area (Å²) in [5.74, 6) is -0.0454. The molecule has 0 unspecified atom stereocenters. The standard InChI is InChI=1S/C18H14ClN5O5S2/c1-29-12-5-3-11(4-6-12)20-15(25)9-30-18-23-22-17(31-18)21-16(26)10-2-7-13(19)14(8-10)24(27)28/h2-8H,9H2,1H3,(H,20,25)(H,21,22,26). The number of ether oxygens (including phenoxy) is 1. The van der Waals surface area contributed by atoms with E-state index in [-0.39, 0.29) is 33.1 Å². The van der Waals surface area contributed by atoms with Crippen molar-refractivity contribution < 1.29 is 19.2 Å². The lowest BCUT2D eigenvalue weighted by atomic mass is 10.2. The van der Waals surface area contributed by atoms with E-state index < -0.39 is 10.8 Å². The zero-order valence-corrected chi connectivity index (χ0v) is 18.2. The number of amides is 2. The van der Waals surface area contributed by atoms with Crippen LogP contribution in [0.3, 0.4) is 0 Å². The molecule has 1 aromatic heterocycles. The van der Waals surface area contributed by atoms with Crippen molar-refractivity contribution in [3.63, 3.8) is 0 Å². The molecular formula is C18H14ClN5O5S2. The highest BCUT2D eigenvalue weighted by Crippen LogP contribution is 2.28. The highest BCUT2D eigenvalue weighted by atomic mass is 35.5. The van der Waals surface area contributed by atoms with E-state index in [4.69, 9.17) is 16.3 Å². The minimum atomic E-state index is -0.671. The number of carbonyl (C=O) groups excluding carboxylic acids is 2. The average molecular weight is 480 g/mol. The molecule has 0 aliphatic heterocycles. The number of benzene rings is 2. The molecule has 3 aromatic rings. The SMILES string of the molecule is COc1ccc(NC(=O)CSc2nnc(NC(=O)c3ccc(Cl)c([N+](=O)[O-])c3)s2)cc1. The fraction of sp³-hybridized carbons (Fsp3) is 0.111. The number of halogens is 1. The third kappa shape index (κ3) is 6.13. The number of anilines is 2. The summed E-state index contributed by atoms with van der Waals surface area (Å²) < 4.78 is 5.54. The van der Waals surface area contributed by atoms with Gasteiger partial charge in [-0.1, -0.05) is 34.7 Å². The fourth-order valence-electron chi connectivity index (χ4n) is 2.28. The number of rotatable bonds is 8. The summed E-state index contributed by atoms with van der Waals surface area (Å²) in [5, 5.41) is 24.1. The molecule has 0 radical (unpaired) electrons. The van der Waals surface area contributed by atoms with E-state index in [1.165, 1.54) is 12.1 Å². The molecule has 2 N–H and O–H groups in total. The van der Waals surface area contributed by atoms with Gasteiger partial charge in [0.1, 0.15) is 10.8 Å². The van der Waals surface area contributed by atoms with Crippen molar-refractivity contribution in [3.05, 3.63) is 63.2 Å². The maximum atomic E-state index is 12.3. The molecular weight excluding hydrogens is 466 g/mol. The molecule has 0 spiro atoms. The maximum absolute atomic E-state index is 12.3. The van der Waals surface area contributed by atoms with Gasteiger partial charge in [0.2, 0.25) is 11.0 Å². The monoisotopic (exact) mass is 479 g/mol. The fourth-order valence-corrected chi connectivity index (χ4v) is 4.01. The van der Waals surface area contributed by atoms with Crippen LogP contribution in [0.4, 0.5) is 16.5 Å². The van der Waals surface area contributed by atoms with Crippen molar-refractivity contribution >= 4 is 63.0 Å². The van der Waals surface area contributed by atoms with E-state index >= 15 is 0 Å². The number of nitro benzene ring substituents is 1. The first-order chi connectivity index (χ1) is 14.9. The van der Waals surface area contributed by atoms with Crippen LogP contribution in [0.5, 0.6) is 5.75 Å². The normalized spacial score (nSPS) is 10.4. The van der Waals surface area contributed by atoms with Crippen LogP contribution < -0.4 is 15.4 Å². The number of aromatic nitrogens is 2. The van der Waals surface area contributed by atoms with Gasteiger partial charge < -0.3 is 10.1 Å². The van der Waals surface area contributed by atoms with Crippen LogP contribution in [0.25, 0.3) is 0 Å². The number of methoxy groups -OCH3 is 1. The first-order valence-electron chi connectivity index (χ1n) is 8.51. The molecule has 160 valence electrons. The van der Waals surface area contributed by atoms with Gasteiger partial charge in [-0.25, -0.2) is 0 Å². The number of carbonyl (C=O) groups is 2. The number of hydrogen-bond acceptors (Lipinski definition) is 9. The van der Waals surface area contributed by atoms with Gasteiger partial charge in [-0.2, -0.15) is 0 Å². The highest BCUT2D eigenvalue weighted by Gasteiger charge is 2.18. The smallest absolute Gasteiger partial charge is 0.288 e. The summed E-state index contributed by atoms with van der Waals surface area (Å²) in [6.07, 6.45) is 0. The van der Waals surface area contributed by atoms with Gasteiger partial charge in [0.05, 0.1) is 17.8 Å². The number of hydrogen-bond donors (Lipinski definition) is 2. The molecule has 0 aliphatic carbocycles. The van der Waals surface area contributed by atoms with Gasteiger partial charge in [0.15, 0.2) is 4.34 Å². The Hall–Kier alpha value is -3.22. The van der Waals surface area contributed by atoms with Crippen molar-refractivity contribution in [1.29, 1.82) is 0 Å². The second kappa shape index (κ2) is 10.2. The third-order valence-electron chi connectivity index (χ3n) is 3.73. The molecule has 13 heteroatoms. The Balaban J connectivity index is 1.54. The molecule has 2 amide bonds. The van der Waals surface area contributed by atoms with Crippen LogP contribution in [0.15, 0.2) is 46.8 Å². The molecule has 2 aromatic carbocycles. The van der Waals surface area contributed by atoms with Crippen molar-refractivity contribution in [3.8, 4) is 5.75 Å². The molecule has 3 rings (SSSR count). The molecule has 0 bridgehead atoms. The maximum Gasteiger partial charge on any atom is 0.288 e. The Kier molecular flexibility index (Phi) is 7.39. The van der Waals surface area contributed by atoms with Crippen molar-refractivity contribution in [2.24, 2.45) is 0 Å². The second-order valence-corrected chi connectivity index (χ2v) is 8.42. The summed E-state index contributed by atoms with van der Waals surface area (Å²) in [5.41, 5.74) is 0.318. The van der Waals surface area contributed by atoms with Gasteiger partial charge >= 0.3 is 0 Å². The largest absolute Gasteiger partial charge is 0.497 e. The Morgan fingerprint density at radius 2 is 1.94 bits per heavy atom. The Morgan fingerprint density at radius 1 is 1.19 bits per heavy atom. The quantitative estimate of drug-likeness (QED) is 0.213. The lowest BCUT2D eigenvalue weighted by Gasteiger charge is -2.05. The molecule has 0 aliphatic rings. The van der Waals surface area contributed by atoms with Gasteiger partial charge in [0, 0.05) is 17.3 Å². The van der Waals surface area contributed by atoms with Crippen molar-refractivity contribution in [2.45, 2.75) is 4.34 Å². The lowest BCUT2D eigenvalue weighted by molar-refractivity contribution is -0.384. The molecule has 31 heavy (non-hydrogen) atoms. The molecule has 10 nitrogen and oxygen atoms in total. The number of nitrogens with zero attached hydrogens (tertiary/aromatic N) is 3. The Labute approximate surface area is 189 Å². The van der Waals surface area contributed by atoms with E-state index in [0.717, 1.165) is 29.2 Å². The van der Waals surface area contributed by atoms with Gasteiger partial charge in [-0.15, -0.1) is 10.2 Å². The first kappa shape index (κ1) is 22.5. The molecule has 0 atom stereocenters. The zero-order valence-electron chi connectivity index (χ0n) is 15.8. The van der Waals surface area contributed by atoms with Crippen LogP contribution in [0.2, 0.25) is 5.02 Å². The van der Waals surface area contributed by atoms with E-state index in [1.807, 2.05) is 0 Å². The third-order valence-corrected chi connectivity index (χ3v) is 6.02. The van der Waals surface area contributed by atoms with Crippen molar-refractivity contribution in [2.75, 3.05) is 23.5 Å². The molecule has 0 fully saturated rings. The highest BCUT2D eigenvalue weighted by molar-refractivity contribution is 8.01. The van der Waals surface area contributed by atoms with E-state index in [0.29, 0.717) is 15.8 Å². The summed E-state index contributed by atoms with van der Waals surface area (Å²) >= 11 is 7.98. The van der Waals surface area contributed by atoms with Gasteiger partial charge in [-0.05, 0) is 36.4 Å². The van der Waals surface area contributed by atoms with E-state index in [9.17, 15) is 19.7 Å². The van der Waals surface area contributed by atoms with Gasteiger partial charge in [0.25, 0.3) is 11.6 Å². The van der Waals surface area contributed by atoms with Gasteiger partial charge in [-0.3, -0.25) is 25.0 Å². The van der Waals surface area contributed by atoms with Crippen LogP contribution in [-0.2, 0) is 4.79 Å². The van der Waals surface area contributed by atoms with Crippen molar-refractivity contribution in [1.82, 2.24) is 10.2 Å². The number of nitro groups is 1. The molecule has 0 saturated carbocycles. The number of nitrogens with one attached hydrogen (secondary N) is 2. The van der Waals surface area contributed by atoms with E-state index in [2.05, 4.69) is 20.8 Å². The molecule has 1 heterocycles. The van der Waals surface area contributed by atoms with Crippen LogP contribution >= 0.6 is 34.7 Å². The first-order valence-corrected chi connectivity index (χ1v) is 10.7. The van der Waals surface area contributed by atoms with Crippen LogP contribution in [0, 0.1) is 10.1 Å². The van der Waals surface area contributed by atoms with Crippen LogP contribution in [0.1, 0.15) is 10.4 Å². The summed E-state index contributed by atoms with van der Waals surface area (Å²) in [6.45, 7) is 0. The summed E-state index contributed by atoms with van der Waals surface area (Å²) in [7, 11) is 1.56. The topological polar surface area (TPSA) is 136 Å². The summed E-state index contributed by atoms with van der Waals surface area (Å²) in [4.78, 5) is 34.7.